The highest BCUT2D eigenvalue weighted by molar-refractivity contribution is 5.99. The van der Waals surface area contributed by atoms with Crippen LogP contribution in [-0.4, -0.2) is 27.8 Å². The van der Waals surface area contributed by atoms with Crippen molar-refractivity contribution in [2.24, 2.45) is 5.84 Å². The first-order valence-corrected chi connectivity index (χ1v) is 5.62. The first-order chi connectivity index (χ1) is 9.13. The van der Waals surface area contributed by atoms with Gasteiger partial charge in [0.15, 0.2) is 0 Å². The zero-order valence-corrected chi connectivity index (χ0v) is 10.4. The van der Waals surface area contributed by atoms with Gasteiger partial charge in [0.2, 0.25) is 0 Å². The quantitative estimate of drug-likeness (QED) is 0.569. The lowest BCUT2D eigenvalue weighted by atomic mass is 10.1. The van der Waals surface area contributed by atoms with Gasteiger partial charge in [-0.05, 0) is 12.1 Å². The van der Waals surface area contributed by atoms with E-state index in [1.165, 1.54) is 23.1 Å². The van der Waals surface area contributed by atoms with Crippen LogP contribution < -0.4 is 11.3 Å². The highest BCUT2D eigenvalue weighted by atomic mass is 19.1. The molecule has 100 valence electrons. The SMILES string of the molecule is CN(Cc1ncc[nH]1)C(=O)c1cccc(F)c1NN. The van der Waals surface area contributed by atoms with Crippen molar-refractivity contribution < 1.29 is 9.18 Å². The Morgan fingerprint density at radius 3 is 3.00 bits per heavy atom. The number of benzene rings is 1. The number of amides is 1. The third kappa shape index (κ3) is 2.71. The summed E-state index contributed by atoms with van der Waals surface area (Å²) in [5.74, 6) is 4.98. The van der Waals surface area contributed by atoms with Gasteiger partial charge in [-0.3, -0.25) is 10.6 Å². The Morgan fingerprint density at radius 1 is 1.58 bits per heavy atom. The number of nitrogens with zero attached hydrogens (tertiary/aromatic N) is 2. The van der Waals surface area contributed by atoms with Crippen LogP contribution in [-0.2, 0) is 6.54 Å². The highest BCUT2D eigenvalue weighted by Crippen LogP contribution is 2.20. The van der Waals surface area contributed by atoms with Gasteiger partial charge >= 0.3 is 0 Å². The molecule has 4 N–H and O–H groups in total. The number of aromatic amines is 1. The molecule has 0 aliphatic heterocycles. The van der Waals surface area contributed by atoms with Gasteiger partial charge in [-0.1, -0.05) is 6.07 Å². The average Bonchev–Trinajstić information content (AvgIpc) is 2.90. The van der Waals surface area contributed by atoms with Gasteiger partial charge in [0.25, 0.3) is 5.91 Å². The molecule has 1 amide bonds. The Kier molecular flexibility index (Phi) is 3.76. The van der Waals surface area contributed by atoms with E-state index >= 15 is 0 Å². The number of aromatic nitrogens is 2. The normalized spacial score (nSPS) is 10.3. The fourth-order valence-electron chi connectivity index (χ4n) is 1.74. The number of halogens is 1. The molecule has 0 aliphatic carbocycles. The van der Waals surface area contributed by atoms with Crippen molar-refractivity contribution in [2.45, 2.75) is 6.54 Å². The number of carbonyl (C=O) groups excluding carboxylic acids is 1. The van der Waals surface area contributed by atoms with E-state index in [4.69, 9.17) is 5.84 Å². The van der Waals surface area contributed by atoms with E-state index in [1.54, 1.807) is 19.4 Å². The van der Waals surface area contributed by atoms with Gasteiger partial charge in [0, 0.05) is 19.4 Å². The first kappa shape index (κ1) is 13.0. The summed E-state index contributed by atoms with van der Waals surface area (Å²) in [6.07, 6.45) is 3.27. The maximum absolute atomic E-state index is 13.5. The van der Waals surface area contributed by atoms with E-state index < -0.39 is 5.82 Å². The predicted molar refractivity (Wildman–Crippen MR) is 68.6 cm³/mol. The predicted octanol–water partition coefficient (Wildman–Crippen LogP) is 1.11. The summed E-state index contributed by atoms with van der Waals surface area (Å²) < 4.78 is 13.5. The molecule has 6 nitrogen and oxygen atoms in total. The Labute approximate surface area is 109 Å². The largest absolute Gasteiger partial charge is 0.347 e. The van der Waals surface area contributed by atoms with Crippen molar-refractivity contribution in [3.63, 3.8) is 0 Å². The molecule has 0 bridgehead atoms. The molecule has 0 aliphatic rings. The van der Waals surface area contributed by atoms with Crippen molar-refractivity contribution in [2.75, 3.05) is 12.5 Å². The smallest absolute Gasteiger partial charge is 0.256 e. The van der Waals surface area contributed by atoms with Crippen molar-refractivity contribution in [3.05, 3.63) is 47.8 Å². The third-order valence-electron chi connectivity index (χ3n) is 2.68. The summed E-state index contributed by atoms with van der Waals surface area (Å²) in [5.41, 5.74) is 2.37. The number of nitrogen functional groups attached to an aromatic ring is 1. The van der Waals surface area contributed by atoms with Crippen molar-refractivity contribution in [1.29, 1.82) is 0 Å². The lowest BCUT2D eigenvalue weighted by Gasteiger charge is -2.18. The van der Waals surface area contributed by atoms with Crippen LogP contribution in [0.3, 0.4) is 0 Å². The number of rotatable bonds is 4. The molecule has 0 atom stereocenters. The second-order valence-electron chi connectivity index (χ2n) is 4.00. The fourth-order valence-corrected chi connectivity index (χ4v) is 1.74. The minimum absolute atomic E-state index is 0.0150. The van der Waals surface area contributed by atoms with Gasteiger partial charge in [-0.25, -0.2) is 9.37 Å². The van der Waals surface area contributed by atoms with Crippen molar-refractivity contribution in [1.82, 2.24) is 14.9 Å². The highest BCUT2D eigenvalue weighted by Gasteiger charge is 2.18. The van der Waals surface area contributed by atoms with Gasteiger partial charge in [-0.2, -0.15) is 0 Å². The number of imidazole rings is 1. The molecule has 0 saturated carbocycles. The maximum Gasteiger partial charge on any atom is 0.256 e. The molecule has 2 rings (SSSR count). The van der Waals surface area contributed by atoms with Crippen molar-refractivity contribution in [3.8, 4) is 0 Å². The van der Waals surface area contributed by atoms with Crippen LogP contribution in [0.4, 0.5) is 10.1 Å². The summed E-state index contributed by atoms with van der Waals surface area (Å²) >= 11 is 0. The first-order valence-electron chi connectivity index (χ1n) is 5.62. The summed E-state index contributed by atoms with van der Waals surface area (Å²) in [6, 6.07) is 4.21. The number of para-hydroxylation sites is 1. The lowest BCUT2D eigenvalue weighted by molar-refractivity contribution is 0.0782. The molecule has 0 fully saturated rings. The number of carbonyl (C=O) groups is 1. The van der Waals surface area contributed by atoms with Crippen molar-refractivity contribution >= 4 is 11.6 Å². The molecule has 1 aromatic carbocycles. The van der Waals surface area contributed by atoms with E-state index in [9.17, 15) is 9.18 Å². The Balaban J connectivity index is 2.22. The molecule has 0 unspecified atom stereocenters. The van der Waals surface area contributed by atoms with E-state index in [2.05, 4.69) is 15.4 Å². The third-order valence-corrected chi connectivity index (χ3v) is 2.68. The molecular weight excluding hydrogens is 249 g/mol. The minimum atomic E-state index is -0.570. The molecule has 1 heterocycles. The number of anilines is 1. The van der Waals surface area contributed by atoms with Crippen LogP contribution in [0.5, 0.6) is 0 Å². The summed E-state index contributed by atoms with van der Waals surface area (Å²) in [4.78, 5) is 20.6. The molecule has 2 aromatic rings. The van der Waals surface area contributed by atoms with Crippen LogP contribution in [0, 0.1) is 5.82 Å². The van der Waals surface area contributed by atoms with E-state index in [-0.39, 0.29) is 17.2 Å². The number of nitrogens with two attached hydrogens (primary N) is 1. The van der Waals surface area contributed by atoms with Gasteiger partial charge in [0.05, 0.1) is 17.8 Å². The maximum atomic E-state index is 13.5. The van der Waals surface area contributed by atoms with Crippen LogP contribution in [0.15, 0.2) is 30.6 Å². The number of H-pyrrole nitrogens is 1. The molecular formula is C12H14FN5O. The molecule has 7 heteroatoms. The summed E-state index contributed by atoms with van der Waals surface area (Å²) in [7, 11) is 1.61. The molecule has 0 radical (unpaired) electrons. The molecule has 1 aromatic heterocycles. The van der Waals surface area contributed by atoms with Crippen LogP contribution in [0.1, 0.15) is 16.2 Å². The number of hydrogen-bond acceptors (Lipinski definition) is 4. The topological polar surface area (TPSA) is 87.0 Å². The van der Waals surface area contributed by atoms with Crippen LogP contribution in [0.25, 0.3) is 0 Å². The average molecular weight is 263 g/mol. The Hall–Kier alpha value is -2.41. The van der Waals surface area contributed by atoms with Gasteiger partial charge in [-0.15, -0.1) is 0 Å². The zero-order valence-electron chi connectivity index (χ0n) is 10.4. The molecule has 0 saturated heterocycles. The Morgan fingerprint density at radius 2 is 2.37 bits per heavy atom. The summed E-state index contributed by atoms with van der Waals surface area (Å²) in [5, 5.41) is 0. The number of hydrazine groups is 1. The van der Waals surface area contributed by atoms with Gasteiger partial charge < -0.3 is 15.3 Å². The van der Waals surface area contributed by atoms with Crippen LogP contribution in [0.2, 0.25) is 0 Å². The second-order valence-corrected chi connectivity index (χ2v) is 4.00. The zero-order chi connectivity index (χ0) is 13.8. The minimum Gasteiger partial charge on any atom is -0.347 e. The monoisotopic (exact) mass is 263 g/mol. The van der Waals surface area contributed by atoms with E-state index in [1.807, 2.05) is 0 Å². The van der Waals surface area contributed by atoms with E-state index in [0.29, 0.717) is 12.4 Å². The lowest BCUT2D eigenvalue weighted by Crippen LogP contribution is -2.28. The van der Waals surface area contributed by atoms with Crippen LogP contribution >= 0.6 is 0 Å². The molecule has 19 heavy (non-hydrogen) atoms. The second kappa shape index (κ2) is 5.49. The summed E-state index contributed by atoms with van der Waals surface area (Å²) in [6.45, 7) is 0.298. The number of nitrogens with one attached hydrogen (secondary N) is 2. The Bertz CT molecular complexity index is 570. The fraction of sp³-hybridized carbons (Fsp3) is 0.167. The molecule has 0 spiro atoms. The van der Waals surface area contributed by atoms with Gasteiger partial charge in [0.1, 0.15) is 11.6 Å². The number of hydrogen-bond donors (Lipinski definition) is 3. The van der Waals surface area contributed by atoms with E-state index in [0.717, 1.165) is 0 Å². The standard InChI is InChI=1S/C12H14FN5O/c1-18(7-10-15-5-6-16-10)12(19)8-3-2-4-9(13)11(8)17-14/h2-6,17H,7,14H2,1H3,(H,15,16).